The molecule has 0 radical (unpaired) electrons. The van der Waals surface area contributed by atoms with Gasteiger partial charge in [-0.1, -0.05) is 0 Å². The number of nitrogens with two attached hydrogens (primary N) is 1. The molecule has 0 fully saturated rings. The average molecular weight is 166 g/mol. The zero-order chi connectivity index (χ0) is 8.55. The van der Waals surface area contributed by atoms with E-state index in [4.69, 9.17) is 5.73 Å². The highest BCUT2D eigenvalue weighted by molar-refractivity contribution is 5.84. The Morgan fingerprint density at radius 3 is 3.33 bits per heavy atom. The minimum Gasteiger partial charge on any atom is -0.369 e. The number of anilines is 1. The second kappa shape index (κ2) is 2.60. The van der Waals surface area contributed by atoms with Crippen molar-refractivity contribution < 1.29 is 4.79 Å². The number of nitrogens with zero attached hydrogens (tertiary/aromatic N) is 2. The highest BCUT2D eigenvalue weighted by Crippen LogP contribution is 2.17. The Kier molecular flexibility index (Phi) is 1.58. The zero-order valence-corrected chi connectivity index (χ0v) is 6.58. The summed E-state index contributed by atoms with van der Waals surface area (Å²) in [5.41, 5.74) is 6.35. The molecule has 0 unspecified atom stereocenters. The number of nitrogens with one attached hydrogen (secondary N) is 1. The van der Waals surface area contributed by atoms with E-state index >= 15 is 0 Å². The lowest BCUT2D eigenvalue weighted by molar-refractivity contribution is 0.0886. The first-order chi connectivity index (χ1) is 5.83. The largest absolute Gasteiger partial charge is 0.369 e. The highest BCUT2D eigenvalue weighted by atomic mass is 16.2. The standard InChI is InChI=1S/C7H10N4O/c8-3-5-4-10-11-6(12)1-2-9-7(5)11/h4,9H,1-3,8H2. The molecular formula is C7H10N4O. The van der Waals surface area contributed by atoms with E-state index < -0.39 is 0 Å². The van der Waals surface area contributed by atoms with Gasteiger partial charge in [0.05, 0.1) is 6.20 Å². The lowest BCUT2D eigenvalue weighted by atomic mass is 10.3. The smallest absolute Gasteiger partial charge is 0.250 e. The third-order valence-corrected chi connectivity index (χ3v) is 1.93. The fourth-order valence-corrected chi connectivity index (χ4v) is 1.30. The van der Waals surface area contributed by atoms with Gasteiger partial charge >= 0.3 is 0 Å². The van der Waals surface area contributed by atoms with Crippen molar-refractivity contribution >= 4 is 11.7 Å². The Morgan fingerprint density at radius 1 is 1.75 bits per heavy atom. The van der Waals surface area contributed by atoms with Crippen LogP contribution in [-0.4, -0.2) is 22.2 Å². The summed E-state index contributed by atoms with van der Waals surface area (Å²) >= 11 is 0. The fraction of sp³-hybridized carbons (Fsp3) is 0.429. The first-order valence-electron chi connectivity index (χ1n) is 3.87. The molecule has 1 aromatic heterocycles. The van der Waals surface area contributed by atoms with Gasteiger partial charge in [-0.2, -0.15) is 9.78 Å². The number of rotatable bonds is 1. The van der Waals surface area contributed by atoms with Crippen molar-refractivity contribution in [1.82, 2.24) is 9.78 Å². The maximum absolute atomic E-state index is 11.2. The Labute approximate surface area is 69.5 Å². The predicted octanol–water partition coefficient (Wildman–Crippen LogP) is -0.202. The number of aromatic nitrogens is 2. The van der Waals surface area contributed by atoms with Crippen molar-refractivity contribution in [2.45, 2.75) is 13.0 Å². The summed E-state index contributed by atoms with van der Waals surface area (Å²) in [4.78, 5) is 11.2. The van der Waals surface area contributed by atoms with Crippen LogP contribution >= 0.6 is 0 Å². The summed E-state index contributed by atoms with van der Waals surface area (Å²) in [6.07, 6.45) is 2.13. The topological polar surface area (TPSA) is 72.9 Å². The van der Waals surface area contributed by atoms with Crippen LogP contribution < -0.4 is 11.1 Å². The number of carbonyl (C=O) groups excluding carboxylic acids is 1. The molecule has 5 heteroatoms. The summed E-state index contributed by atoms with van der Waals surface area (Å²) < 4.78 is 1.38. The molecule has 0 bridgehead atoms. The first kappa shape index (κ1) is 7.30. The van der Waals surface area contributed by atoms with Crippen LogP contribution in [0, 0.1) is 0 Å². The van der Waals surface area contributed by atoms with Gasteiger partial charge in [-0.25, -0.2) is 0 Å². The molecule has 0 spiro atoms. The third-order valence-electron chi connectivity index (χ3n) is 1.93. The van der Waals surface area contributed by atoms with Gasteiger partial charge in [0, 0.05) is 25.1 Å². The summed E-state index contributed by atoms with van der Waals surface area (Å²) in [5, 5.41) is 7.03. The minimum atomic E-state index is 0.0310. The summed E-state index contributed by atoms with van der Waals surface area (Å²) in [7, 11) is 0. The van der Waals surface area contributed by atoms with Crippen LogP contribution in [0.15, 0.2) is 6.20 Å². The van der Waals surface area contributed by atoms with Crippen LogP contribution in [0.5, 0.6) is 0 Å². The molecule has 1 aromatic rings. The van der Waals surface area contributed by atoms with Gasteiger partial charge in [-0.05, 0) is 0 Å². The Hall–Kier alpha value is -1.36. The molecule has 0 saturated carbocycles. The van der Waals surface area contributed by atoms with Crippen molar-refractivity contribution in [2.75, 3.05) is 11.9 Å². The van der Waals surface area contributed by atoms with Gasteiger partial charge in [0.1, 0.15) is 5.82 Å². The van der Waals surface area contributed by atoms with E-state index in [0.29, 0.717) is 19.5 Å². The number of fused-ring (bicyclic) bond motifs is 1. The molecule has 0 amide bonds. The molecule has 0 aromatic carbocycles. The lowest BCUT2D eigenvalue weighted by Gasteiger charge is -2.14. The Bertz CT molecular complexity index is 317. The van der Waals surface area contributed by atoms with Crippen molar-refractivity contribution in [3.63, 3.8) is 0 Å². The second-order valence-corrected chi connectivity index (χ2v) is 2.70. The van der Waals surface area contributed by atoms with E-state index in [2.05, 4.69) is 10.4 Å². The normalized spacial score (nSPS) is 15.6. The SMILES string of the molecule is NCc1cnn2c1NCCC2=O. The maximum Gasteiger partial charge on any atom is 0.250 e. The molecule has 1 aliphatic rings. The Morgan fingerprint density at radius 2 is 2.58 bits per heavy atom. The van der Waals surface area contributed by atoms with E-state index in [0.717, 1.165) is 11.4 Å². The molecule has 2 heterocycles. The zero-order valence-electron chi connectivity index (χ0n) is 6.58. The molecule has 5 nitrogen and oxygen atoms in total. The van der Waals surface area contributed by atoms with Crippen LogP contribution in [0.3, 0.4) is 0 Å². The van der Waals surface area contributed by atoms with E-state index in [1.54, 1.807) is 6.20 Å². The van der Waals surface area contributed by atoms with E-state index in [9.17, 15) is 4.79 Å². The fourth-order valence-electron chi connectivity index (χ4n) is 1.30. The molecule has 64 valence electrons. The first-order valence-corrected chi connectivity index (χ1v) is 3.87. The summed E-state index contributed by atoms with van der Waals surface area (Å²) in [6.45, 7) is 1.09. The minimum absolute atomic E-state index is 0.0310. The molecule has 12 heavy (non-hydrogen) atoms. The second-order valence-electron chi connectivity index (χ2n) is 2.70. The summed E-state index contributed by atoms with van der Waals surface area (Å²) in [5.74, 6) is 0.789. The van der Waals surface area contributed by atoms with Crippen molar-refractivity contribution in [1.29, 1.82) is 0 Å². The quantitative estimate of drug-likeness (QED) is 0.605. The molecule has 0 saturated heterocycles. The highest BCUT2D eigenvalue weighted by Gasteiger charge is 2.19. The van der Waals surface area contributed by atoms with Crippen molar-refractivity contribution in [3.8, 4) is 0 Å². The van der Waals surface area contributed by atoms with Gasteiger partial charge in [-0.3, -0.25) is 4.79 Å². The molecule has 2 rings (SSSR count). The number of carbonyl (C=O) groups is 1. The van der Waals surface area contributed by atoms with Gasteiger partial charge < -0.3 is 11.1 Å². The Balaban J connectivity index is 2.48. The van der Waals surface area contributed by atoms with Gasteiger partial charge in [-0.15, -0.1) is 0 Å². The summed E-state index contributed by atoms with van der Waals surface area (Å²) in [6, 6.07) is 0. The van der Waals surface area contributed by atoms with E-state index in [-0.39, 0.29) is 5.91 Å². The lowest BCUT2D eigenvalue weighted by Crippen LogP contribution is -2.25. The van der Waals surface area contributed by atoms with Crippen molar-refractivity contribution in [2.24, 2.45) is 5.73 Å². The molecular weight excluding hydrogens is 156 g/mol. The monoisotopic (exact) mass is 166 g/mol. The van der Waals surface area contributed by atoms with Gasteiger partial charge in [0.25, 0.3) is 5.91 Å². The van der Waals surface area contributed by atoms with E-state index in [1.807, 2.05) is 0 Å². The van der Waals surface area contributed by atoms with Crippen molar-refractivity contribution in [3.05, 3.63) is 11.8 Å². The van der Waals surface area contributed by atoms with Crippen LogP contribution in [0.25, 0.3) is 0 Å². The van der Waals surface area contributed by atoms with Crippen LogP contribution in [0.4, 0.5) is 5.82 Å². The van der Waals surface area contributed by atoms with Crippen LogP contribution in [0.2, 0.25) is 0 Å². The van der Waals surface area contributed by atoms with E-state index in [1.165, 1.54) is 4.68 Å². The van der Waals surface area contributed by atoms with Gasteiger partial charge in [0.15, 0.2) is 0 Å². The molecule has 1 aliphatic heterocycles. The van der Waals surface area contributed by atoms with Crippen LogP contribution in [0.1, 0.15) is 16.8 Å². The maximum atomic E-state index is 11.2. The predicted molar refractivity (Wildman–Crippen MR) is 43.9 cm³/mol. The molecule has 3 N–H and O–H groups in total. The van der Waals surface area contributed by atoms with Gasteiger partial charge in [0.2, 0.25) is 0 Å². The molecule has 0 aliphatic carbocycles. The average Bonchev–Trinajstić information content (AvgIpc) is 2.49. The third kappa shape index (κ3) is 0.902. The molecule has 0 atom stereocenters. The number of hydrogen-bond acceptors (Lipinski definition) is 4. The number of hydrogen-bond donors (Lipinski definition) is 2. The van der Waals surface area contributed by atoms with Crippen LogP contribution in [-0.2, 0) is 6.54 Å².